The summed E-state index contributed by atoms with van der Waals surface area (Å²) >= 11 is 0. The molecule has 16 heavy (non-hydrogen) atoms. The Kier molecular flexibility index (Phi) is 4.41. The van der Waals surface area contributed by atoms with Gasteiger partial charge in [0.15, 0.2) is 0 Å². The highest BCUT2D eigenvalue weighted by molar-refractivity contribution is 7.89. The minimum atomic E-state index is -3.58. The van der Waals surface area contributed by atoms with Crippen LogP contribution in [-0.4, -0.2) is 33.1 Å². The van der Waals surface area contributed by atoms with Crippen molar-refractivity contribution in [2.24, 2.45) is 0 Å². The second kappa shape index (κ2) is 5.59. The van der Waals surface area contributed by atoms with E-state index < -0.39 is 10.0 Å². The number of benzene rings is 1. The number of amides is 1. The first-order valence-corrected chi connectivity index (χ1v) is 5.99. The van der Waals surface area contributed by atoms with Crippen molar-refractivity contribution >= 4 is 22.1 Å². The number of hydrogen-bond acceptors (Lipinski definition) is 4. The highest BCUT2D eigenvalue weighted by atomic mass is 32.2. The zero-order valence-corrected chi connectivity index (χ0v) is 9.20. The number of carbonyl (C=O) groups excluding carboxylic acids is 1. The molecule has 0 radical (unpaired) electrons. The smallest absolute Gasteiger partial charge is 0.240 e. The number of carbonyl (C=O) groups is 1. The van der Waals surface area contributed by atoms with Gasteiger partial charge in [0.1, 0.15) is 0 Å². The summed E-state index contributed by atoms with van der Waals surface area (Å²) in [6.45, 7) is -0.291. The van der Waals surface area contributed by atoms with Crippen LogP contribution in [0, 0.1) is 0 Å². The van der Waals surface area contributed by atoms with Crippen LogP contribution in [0.15, 0.2) is 29.2 Å². The van der Waals surface area contributed by atoms with Crippen LogP contribution in [-0.2, 0) is 14.8 Å². The zero-order valence-electron chi connectivity index (χ0n) is 8.38. The third-order valence-corrected chi connectivity index (χ3v) is 3.27. The second-order valence-corrected chi connectivity index (χ2v) is 4.67. The highest BCUT2D eigenvalue weighted by Gasteiger charge is 2.12. The average Bonchev–Trinajstić information content (AvgIpc) is 2.28. The first-order chi connectivity index (χ1) is 7.60. The number of sulfonamides is 1. The quantitative estimate of drug-likeness (QED) is 0.589. The van der Waals surface area contributed by atoms with Crippen LogP contribution in [0.1, 0.15) is 0 Å². The summed E-state index contributed by atoms with van der Waals surface area (Å²) in [5, 5.41) is 10.9. The van der Waals surface area contributed by atoms with Crippen LogP contribution in [0.25, 0.3) is 0 Å². The number of aliphatic hydroxyl groups is 1. The van der Waals surface area contributed by atoms with Crippen LogP contribution in [0.4, 0.5) is 5.69 Å². The van der Waals surface area contributed by atoms with Gasteiger partial charge in [-0.15, -0.1) is 0 Å². The fourth-order valence-electron chi connectivity index (χ4n) is 1.06. The number of hydrogen-bond donors (Lipinski definition) is 3. The van der Waals surface area contributed by atoms with Crippen molar-refractivity contribution in [2.45, 2.75) is 4.90 Å². The van der Waals surface area contributed by atoms with Crippen molar-refractivity contribution in [3.63, 3.8) is 0 Å². The predicted octanol–water partition coefficient (Wildman–Crippen LogP) is -0.475. The molecular weight excluding hydrogens is 232 g/mol. The van der Waals surface area contributed by atoms with Gasteiger partial charge in [0.2, 0.25) is 16.4 Å². The van der Waals surface area contributed by atoms with E-state index >= 15 is 0 Å². The molecule has 88 valence electrons. The summed E-state index contributed by atoms with van der Waals surface area (Å²) in [5.74, 6) is 0. The van der Waals surface area contributed by atoms with Gasteiger partial charge in [-0.05, 0) is 24.3 Å². The minimum Gasteiger partial charge on any atom is -0.395 e. The van der Waals surface area contributed by atoms with Gasteiger partial charge < -0.3 is 10.4 Å². The lowest BCUT2D eigenvalue weighted by atomic mass is 10.3. The molecule has 0 aliphatic heterocycles. The number of aliphatic hydroxyl groups excluding tert-OH is 1. The normalized spacial score (nSPS) is 11.1. The van der Waals surface area contributed by atoms with Crippen LogP contribution in [0.5, 0.6) is 0 Å². The van der Waals surface area contributed by atoms with Gasteiger partial charge in [0, 0.05) is 12.2 Å². The largest absolute Gasteiger partial charge is 0.395 e. The third kappa shape index (κ3) is 3.30. The average molecular weight is 244 g/mol. The highest BCUT2D eigenvalue weighted by Crippen LogP contribution is 2.12. The van der Waals surface area contributed by atoms with E-state index in [-0.39, 0.29) is 18.0 Å². The standard InChI is InChI=1S/C9H12N2O4S/c12-6-5-11-16(14,15)9-3-1-8(2-4-9)10-7-13/h1-4,7,11-12H,5-6H2,(H,10,13). The lowest BCUT2D eigenvalue weighted by Gasteiger charge is -2.05. The fraction of sp³-hybridized carbons (Fsp3) is 0.222. The maximum atomic E-state index is 11.5. The molecule has 6 nitrogen and oxygen atoms in total. The molecule has 0 saturated heterocycles. The van der Waals surface area contributed by atoms with E-state index in [0.29, 0.717) is 12.1 Å². The number of rotatable bonds is 6. The van der Waals surface area contributed by atoms with Gasteiger partial charge in [-0.2, -0.15) is 0 Å². The van der Waals surface area contributed by atoms with E-state index in [1.54, 1.807) is 0 Å². The second-order valence-electron chi connectivity index (χ2n) is 2.91. The monoisotopic (exact) mass is 244 g/mol. The lowest BCUT2D eigenvalue weighted by Crippen LogP contribution is -2.26. The summed E-state index contributed by atoms with van der Waals surface area (Å²) in [5.41, 5.74) is 0.510. The Morgan fingerprint density at radius 3 is 2.38 bits per heavy atom. The topological polar surface area (TPSA) is 95.5 Å². The van der Waals surface area contributed by atoms with Gasteiger partial charge >= 0.3 is 0 Å². The van der Waals surface area contributed by atoms with E-state index in [1.807, 2.05) is 0 Å². The van der Waals surface area contributed by atoms with Gasteiger partial charge in [0.05, 0.1) is 11.5 Å². The SMILES string of the molecule is O=CNc1ccc(S(=O)(=O)NCCO)cc1. The first-order valence-electron chi connectivity index (χ1n) is 4.51. The molecule has 3 N–H and O–H groups in total. The van der Waals surface area contributed by atoms with Crippen LogP contribution >= 0.6 is 0 Å². The molecule has 1 aromatic rings. The Labute approximate surface area is 93.3 Å². The Morgan fingerprint density at radius 2 is 1.88 bits per heavy atom. The Morgan fingerprint density at radius 1 is 1.25 bits per heavy atom. The van der Waals surface area contributed by atoms with Gasteiger partial charge in [-0.3, -0.25) is 4.79 Å². The van der Waals surface area contributed by atoms with Crippen molar-refractivity contribution in [1.29, 1.82) is 0 Å². The fourth-order valence-corrected chi connectivity index (χ4v) is 2.08. The summed E-state index contributed by atoms with van der Waals surface area (Å²) in [6, 6.07) is 5.68. The minimum absolute atomic E-state index is 0.0311. The van der Waals surface area contributed by atoms with E-state index in [9.17, 15) is 13.2 Å². The van der Waals surface area contributed by atoms with E-state index in [0.717, 1.165) is 0 Å². The van der Waals surface area contributed by atoms with Gasteiger partial charge in [0.25, 0.3) is 0 Å². The van der Waals surface area contributed by atoms with Gasteiger partial charge in [-0.25, -0.2) is 13.1 Å². The van der Waals surface area contributed by atoms with Crippen LogP contribution in [0.2, 0.25) is 0 Å². The molecule has 1 aromatic carbocycles. The molecule has 0 aliphatic rings. The summed E-state index contributed by atoms with van der Waals surface area (Å²) in [4.78, 5) is 10.2. The molecule has 7 heteroatoms. The number of nitrogens with one attached hydrogen (secondary N) is 2. The van der Waals surface area contributed by atoms with Crippen molar-refractivity contribution in [3.05, 3.63) is 24.3 Å². The molecule has 0 atom stereocenters. The predicted molar refractivity (Wildman–Crippen MR) is 58.4 cm³/mol. The molecular formula is C9H12N2O4S. The zero-order chi connectivity index (χ0) is 12.0. The third-order valence-electron chi connectivity index (χ3n) is 1.79. The molecule has 0 saturated carbocycles. The molecule has 0 aliphatic carbocycles. The Balaban J connectivity index is 2.84. The molecule has 1 amide bonds. The summed E-state index contributed by atoms with van der Waals surface area (Å²) in [6.07, 6.45) is 0.507. The first kappa shape index (κ1) is 12.6. The van der Waals surface area contributed by atoms with Crippen molar-refractivity contribution in [2.75, 3.05) is 18.5 Å². The summed E-state index contributed by atoms with van der Waals surface area (Å²) < 4.78 is 25.3. The van der Waals surface area contributed by atoms with Crippen LogP contribution < -0.4 is 10.0 Å². The molecule has 0 aromatic heterocycles. The van der Waals surface area contributed by atoms with Crippen molar-refractivity contribution < 1.29 is 18.3 Å². The maximum absolute atomic E-state index is 11.5. The van der Waals surface area contributed by atoms with Crippen LogP contribution in [0.3, 0.4) is 0 Å². The molecule has 0 heterocycles. The van der Waals surface area contributed by atoms with E-state index in [4.69, 9.17) is 5.11 Å². The lowest BCUT2D eigenvalue weighted by molar-refractivity contribution is -0.105. The van der Waals surface area contributed by atoms with E-state index in [1.165, 1.54) is 24.3 Å². The summed E-state index contributed by atoms with van der Waals surface area (Å²) in [7, 11) is -3.58. The van der Waals surface area contributed by atoms with Gasteiger partial charge in [-0.1, -0.05) is 0 Å². The van der Waals surface area contributed by atoms with Crippen molar-refractivity contribution in [3.8, 4) is 0 Å². The molecule has 1 rings (SSSR count). The Bertz CT molecular complexity index is 441. The molecule has 0 spiro atoms. The maximum Gasteiger partial charge on any atom is 0.240 e. The molecule has 0 bridgehead atoms. The number of anilines is 1. The molecule has 0 unspecified atom stereocenters. The van der Waals surface area contributed by atoms with Crippen molar-refractivity contribution in [1.82, 2.24) is 4.72 Å². The Hall–Kier alpha value is -1.44. The van der Waals surface area contributed by atoms with E-state index in [2.05, 4.69) is 10.0 Å². The molecule has 0 fully saturated rings.